The highest BCUT2D eigenvalue weighted by Crippen LogP contribution is 2.63. The summed E-state index contributed by atoms with van der Waals surface area (Å²) in [4.78, 5) is 13.6. The first-order valence-electron chi connectivity index (χ1n) is 13.2. The number of ketones is 1. The highest BCUT2D eigenvalue weighted by molar-refractivity contribution is 6.74. The third-order valence-corrected chi connectivity index (χ3v) is 14.1. The number of rotatable bonds is 5. The van der Waals surface area contributed by atoms with E-state index in [0.29, 0.717) is 19.6 Å². The zero-order chi connectivity index (χ0) is 26.3. The Morgan fingerprint density at radius 2 is 1.78 bits per heavy atom. The number of aliphatic hydroxyl groups is 1. The van der Waals surface area contributed by atoms with E-state index in [1.54, 1.807) is 0 Å². The number of fused-ring (bicyclic) bond motifs is 5. The summed E-state index contributed by atoms with van der Waals surface area (Å²) in [5.74, 6) is -1.83. The lowest BCUT2D eigenvalue weighted by Gasteiger charge is -2.67. The lowest BCUT2D eigenvalue weighted by molar-refractivity contribution is -0.360. The molecule has 0 bridgehead atoms. The predicted molar refractivity (Wildman–Crippen MR) is 137 cm³/mol. The van der Waals surface area contributed by atoms with Gasteiger partial charge in [-0.1, -0.05) is 58.0 Å². The van der Waals surface area contributed by atoms with Gasteiger partial charge in [0.25, 0.3) is 0 Å². The zero-order valence-electron chi connectivity index (χ0n) is 22.9. The van der Waals surface area contributed by atoms with Crippen LogP contribution in [0.3, 0.4) is 0 Å². The summed E-state index contributed by atoms with van der Waals surface area (Å²) in [6, 6.07) is 9.97. The van der Waals surface area contributed by atoms with Gasteiger partial charge in [0.05, 0.1) is 25.4 Å². The minimum Gasteiger partial charge on any atom is -0.413 e. The number of ether oxygens (including phenoxy) is 4. The molecular weight excluding hydrogens is 476 g/mol. The van der Waals surface area contributed by atoms with Gasteiger partial charge in [-0.05, 0) is 37.5 Å². The fourth-order valence-corrected chi connectivity index (χ4v) is 7.96. The summed E-state index contributed by atoms with van der Waals surface area (Å²) < 4.78 is 32.4. The van der Waals surface area contributed by atoms with Crippen molar-refractivity contribution in [3.05, 3.63) is 35.9 Å². The van der Waals surface area contributed by atoms with Crippen LogP contribution in [0.4, 0.5) is 0 Å². The molecule has 0 aromatic heterocycles. The maximum atomic E-state index is 13.6. The molecule has 4 aliphatic rings. The molecule has 0 amide bonds. The summed E-state index contributed by atoms with van der Waals surface area (Å²) in [7, 11) is -2.22. The van der Waals surface area contributed by atoms with Gasteiger partial charge >= 0.3 is 0 Å². The number of Topliss-reactive ketones (excluding diaryl/α,β-unsaturated/α-hetero) is 1. The predicted octanol–water partition coefficient (Wildman–Crippen LogP) is 4.22. The van der Waals surface area contributed by atoms with Crippen molar-refractivity contribution in [1.29, 1.82) is 0 Å². The molecule has 0 radical (unpaired) electrons. The lowest BCUT2D eigenvalue weighted by atomic mass is 9.48. The lowest BCUT2D eigenvalue weighted by Crippen LogP contribution is -2.81. The molecular formula is C28H42O7Si. The molecule has 36 heavy (non-hydrogen) atoms. The van der Waals surface area contributed by atoms with E-state index < -0.39 is 49.4 Å². The van der Waals surface area contributed by atoms with Crippen molar-refractivity contribution < 1.29 is 33.3 Å². The van der Waals surface area contributed by atoms with Gasteiger partial charge in [-0.25, -0.2) is 0 Å². The number of aliphatic hydroxyl groups excluding tert-OH is 1. The van der Waals surface area contributed by atoms with Gasteiger partial charge in [0.15, 0.2) is 19.9 Å². The average molecular weight is 519 g/mol. The van der Waals surface area contributed by atoms with E-state index in [1.165, 1.54) is 0 Å². The maximum absolute atomic E-state index is 13.6. The van der Waals surface area contributed by atoms with E-state index in [2.05, 4.69) is 40.8 Å². The van der Waals surface area contributed by atoms with Crippen molar-refractivity contribution in [3.8, 4) is 0 Å². The molecule has 2 aliphatic heterocycles. The average Bonchev–Trinajstić information content (AvgIpc) is 3.12. The number of carbonyl (C=O) groups excluding carboxylic acids is 1. The van der Waals surface area contributed by atoms with Crippen LogP contribution in [0.5, 0.6) is 0 Å². The van der Waals surface area contributed by atoms with Crippen LogP contribution in [-0.2, 0) is 34.8 Å². The van der Waals surface area contributed by atoms with Gasteiger partial charge in [-0.2, -0.15) is 0 Å². The van der Waals surface area contributed by atoms with Crippen molar-refractivity contribution in [2.24, 2.45) is 11.3 Å². The normalized spacial score (nSPS) is 41.8. The minimum atomic E-state index is -2.22. The first kappa shape index (κ1) is 26.5. The van der Waals surface area contributed by atoms with Gasteiger partial charge in [-0.15, -0.1) is 0 Å². The Bertz CT molecular complexity index is 1000. The quantitative estimate of drug-likeness (QED) is 0.584. The van der Waals surface area contributed by atoms with E-state index in [4.69, 9.17) is 23.4 Å². The molecule has 1 N–H and O–H groups in total. The van der Waals surface area contributed by atoms with Gasteiger partial charge in [0.2, 0.25) is 0 Å². The van der Waals surface area contributed by atoms with Crippen LogP contribution in [0.25, 0.3) is 0 Å². The molecule has 1 aromatic carbocycles. The van der Waals surface area contributed by atoms with E-state index >= 15 is 0 Å². The summed E-state index contributed by atoms with van der Waals surface area (Å²) in [6.45, 7) is 17.6. The molecule has 8 atom stereocenters. The first-order valence-corrected chi connectivity index (χ1v) is 16.1. The molecule has 0 spiro atoms. The fourth-order valence-electron chi connectivity index (χ4n) is 6.55. The Hall–Kier alpha value is -1.13. The third-order valence-electron chi connectivity index (χ3n) is 9.56. The molecule has 2 heterocycles. The van der Waals surface area contributed by atoms with Gasteiger partial charge in [-0.3, -0.25) is 4.79 Å². The number of hydrogen-bond acceptors (Lipinski definition) is 7. The molecule has 1 aromatic rings. The van der Waals surface area contributed by atoms with Crippen LogP contribution < -0.4 is 0 Å². The second-order valence-corrected chi connectivity index (χ2v) is 18.1. The van der Waals surface area contributed by atoms with Crippen LogP contribution in [-0.4, -0.2) is 67.7 Å². The summed E-state index contributed by atoms with van der Waals surface area (Å²) in [6.07, 6.45) is -2.60. The molecule has 200 valence electrons. The van der Waals surface area contributed by atoms with Gasteiger partial charge < -0.3 is 28.5 Å². The first-order chi connectivity index (χ1) is 16.6. The highest BCUT2D eigenvalue weighted by atomic mass is 28.4. The fraction of sp³-hybridized carbons (Fsp3) is 0.750. The largest absolute Gasteiger partial charge is 0.413 e. The molecule has 4 fully saturated rings. The second-order valence-electron chi connectivity index (χ2n) is 13.3. The standard InChI is InChI=1S/C28H42O7Si/c1-25(2,3)36(7,8)35-18-14-19-28(16-31-19,32-15-17-12-10-9-11-13-17)23-21(30)20(29)22-24(27(18,23)6)34-26(4,5)33-22/h9-13,18-19,21-24,30H,14-16H2,1-8H3/t18-,19+,21+,22-,23-,24-,27+,28-/m0/s1. The van der Waals surface area contributed by atoms with E-state index in [-0.39, 0.29) is 23.0 Å². The molecule has 2 aliphatic carbocycles. The van der Waals surface area contributed by atoms with Gasteiger partial charge in [0, 0.05) is 17.8 Å². The monoisotopic (exact) mass is 518 g/mol. The molecule has 0 unspecified atom stereocenters. The van der Waals surface area contributed by atoms with Gasteiger partial charge in [0.1, 0.15) is 23.9 Å². The topological polar surface area (TPSA) is 83.5 Å². The molecule has 8 heteroatoms. The smallest absolute Gasteiger partial charge is 0.193 e. The van der Waals surface area contributed by atoms with E-state index in [0.717, 1.165) is 5.56 Å². The molecule has 7 nitrogen and oxygen atoms in total. The number of carbonyl (C=O) groups is 1. The highest BCUT2D eigenvalue weighted by Gasteiger charge is 2.76. The summed E-state index contributed by atoms with van der Waals surface area (Å²) in [5.41, 5.74) is -0.498. The molecule has 2 saturated carbocycles. The number of hydrogen-bond donors (Lipinski definition) is 1. The SMILES string of the molecule is CC1(C)O[C@H]2C(=O)[C@@H](O)[C@@H]3[C@]4(OCc5ccccc5)CO[C@@H]4C[C@H](O[Si](C)(C)C(C)(C)C)[C@@]3(C)[C@H]2O1. The van der Waals surface area contributed by atoms with E-state index in [9.17, 15) is 9.90 Å². The Morgan fingerprint density at radius 1 is 1.11 bits per heavy atom. The molecule has 2 saturated heterocycles. The Labute approximate surface area is 215 Å². The van der Waals surface area contributed by atoms with E-state index in [1.807, 2.05) is 44.2 Å². The minimum absolute atomic E-state index is 0.00746. The van der Waals surface area contributed by atoms with Crippen LogP contribution in [0.1, 0.15) is 53.5 Å². The van der Waals surface area contributed by atoms with Crippen LogP contribution >= 0.6 is 0 Å². The van der Waals surface area contributed by atoms with Crippen molar-refractivity contribution in [3.63, 3.8) is 0 Å². The summed E-state index contributed by atoms with van der Waals surface area (Å²) in [5, 5.41) is 11.6. The second kappa shape index (κ2) is 8.43. The Morgan fingerprint density at radius 3 is 2.36 bits per heavy atom. The van der Waals surface area contributed by atoms with Crippen LogP contribution in [0.15, 0.2) is 30.3 Å². The maximum Gasteiger partial charge on any atom is 0.193 e. The van der Waals surface area contributed by atoms with Crippen LogP contribution in [0.2, 0.25) is 18.1 Å². The third kappa shape index (κ3) is 3.87. The van der Waals surface area contributed by atoms with Crippen molar-refractivity contribution in [1.82, 2.24) is 0 Å². The van der Waals surface area contributed by atoms with Crippen molar-refractivity contribution >= 4 is 14.1 Å². The van der Waals surface area contributed by atoms with Crippen molar-refractivity contribution in [2.45, 2.75) is 115 Å². The van der Waals surface area contributed by atoms with Crippen molar-refractivity contribution in [2.75, 3.05) is 6.61 Å². The summed E-state index contributed by atoms with van der Waals surface area (Å²) >= 11 is 0. The Balaban J connectivity index is 1.58. The molecule has 5 rings (SSSR count). The zero-order valence-corrected chi connectivity index (χ0v) is 23.9. The number of benzene rings is 1. The Kier molecular flexibility index (Phi) is 6.20. The van der Waals surface area contributed by atoms with Crippen LogP contribution in [0, 0.1) is 11.3 Å².